The van der Waals surface area contributed by atoms with Gasteiger partial charge >= 0.3 is 5.97 Å². The Bertz CT molecular complexity index is 763. The lowest BCUT2D eigenvalue weighted by atomic mass is 10.2. The molecule has 0 atom stereocenters. The summed E-state index contributed by atoms with van der Waals surface area (Å²) < 4.78 is 7.01. The van der Waals surface area contributed by atoms with Crippen molar-refractivity contribution in [3.8, 4) is 5.75 Å². The molecule has 0 unspecified atom stereocenters. The molecule has 2 aromatic rings. The predicted octanol–water partition coefficient (Wildman–Crippen LogP) is 2.96. The Labute approximate surface area is 139 Å². The topological polar surface area (TPSA) is 93.5 Å². The summed E-state index contributed by atoms with van der Waals surface area (Å²) in [7, 11) is 1.42. The zero-order chi connectivity index (χ0) is 17.1. The van der Waals surface area contributed by atoms with E-state index in [1.54, 1.807) is 6.07 Å². The van der Waals surface area contributed by atoms with E-state index < -0.39 is 5.97 Å². The van der Waals surface area contributed by atoms with Crippen LogP contribution in [0.25, 0.3) is 0 Å². The molecule has 1 saturated carbocycles. The number of aromatic carboxylic acids is 1. The van der Waals surface area contributed by atoms with E-state index in [-0.39, 0.29) is 11.5 Å². The largest absolute Gasteiger partial charge is 0.495 e. The summed E-state index contributed by atoms with van der Waals surface area (Å²) in [6.07, 6.45) is 6.40. The van der Waals surface area contributed by atoms with Gasteiger partial charge in [-0.15, -0.1) is 0 Å². The van der Waals surface area contributed by atoms with Gasteiger partial charge in [0.25, 0.3) is 5.91 Å². The first kappa shape index (κ1) is 16.0. The number of methoxy groups -OCH3 is 1. The van der Waals surface area contributed by atoms with Gasteiger partial charge in [-0.05, 0) is 37.1 Å². The van der Waals surface area contributed by atoms with Crippen LogP contribution in [0, 0.1) is 0 Å². The number of rotatable bonds is 5. The number of ether oxygens (including phenoxy) is 1. The smallest absolute Gasteiger partial charge is 0.335 e. The maximum absolute atomic E-state index is 12.4. The molecule has 0 radical (unpaired) electrons. The molecule has 7 nitrogen and oxygen atoms in total. The number of hydrogen-bond acceptors (Lipinski definition) is 4. The van der Waals surface area contributed by atoms with Gasteiger partial charge in [0, 0.05) is 6.20 Å². The summed E-state index contributed by atoms with van der Waals surface area (Å²) in [5.41, 5.74) is 0.824. The quantitative estimate of drug-likeness (QED) is 0.879. The molecule has 1 amide bonds. The van der Waals surface area contributed by atoms with E-state index in [0.717, 1.165) is 12.8 Å². The van der Waals surface area contributed by atoms with E-state index in [0.29, 0.717) is 23.2 Å². The van der Waals surface area contributed by atoms with Crippen LogP contribution in [-0.4, -0.2) is 33.9 Å². The van der Waals surface area contributed by atoms with Gasteiger partial charge in [-0.2, -0.15) is 5.10 Å². The van der Waals surface area contributed by atoms with Crippen LogP contribution < -0.4 is 10.1 Å². The normalized spacial score (nSPS) is 14.5. The first-order valence-corrected chi connectivity index (χ1v) is 7.86. The van der Waals surface area contributed by atoms with Crippen molar-refractivity contribution in [2.45, 2.75) is 31.7 Å². The Balaban J connectivity index is 1.76. The van der Waals surface area contributed by atoms with E-state index in [2.05, 4.69) is 10.4 Å². The molecule has 0 aliphatic heterocycles. The van der Waals surface area contributed by atoms with Crippen LogP contribution in [0.3, 0.4) is 0 Å². The standard InChI is InChI=1S/C17H19N3O4/c1-24-15-10-11(17(22)23)6-7-13(15)18-16(21)14-8-9-20(19-14)12-4-2-3-5-12/h6-10,12H,2-5H2,1H3,(H,18,21)(H,22,23). The molecule has 126 valence electrons. The zero-order valence-corrected chi connectivity index (χ0v) is 13.4. The van der Waals surface area contributed by atoms with Crippen LogP contribution in [0.1, 0.15) is 52.6 Å². The Hall–Kier alpha value is -2.83. The predicted molar refractivity (Wildman–Crippen MR) is 87.6 cm³/mol. The summed E-state index contributed by atoms with van der Waals surface area (Å²) in [5, 5.41) is 16.1. The van der Waals surface area contributed by atoms with E-state index in [9.17, 15) is 9.59 Å². The minimum absolute atomic E-state index is 0.0929. The van der Waals surface area contributed by atoms with Crippen LogP contribution in [0.15, 0.2) is 30.5 Å². The highest BCUT2D eigenvalue weighted by molar-refractivity contribution is 6.04. The molecule has 1 aliphatic carbocycles. The van der Waals surface area contributed by atoms with Gasteiger partial charge in [-0.25, -0.2) is 4.79 Å². The van der Waals surface area contributed by atoms with Crippen LogP contribution in [0.5, 0.6) is 5.75 Å². The minimum Gasteiger partial charge on any atom is -0.495 e. The van der Waals surface area contributed by atoms with E-state index in [1.165, 1.54) is 38.2 Å². The second kappa shape index (κ2) is 6.74. The fourth-order valence-corrected chi connectivity index (χ4v) is 2.95. The lowest BCUT2D eigenvalue weighted by molar-refractivity contribution is 0.0696. The number of amides is 1. The van der Waals surface area contributed by atoms with Gasteiger partial charge in [0.15, 0.2) is 5.69 Å². The van der Waals surface area contributed by atoms with Crippen molar-refractivity contribution in [3.63, 3.8) is 0 Å². The van der Waals surface area contributed by atoms with Gasteiger partial charge in [-0.1, -0.05) is 12.8 Å². The summed E-state index contributed by atoms with van der Waals surface area (Å²) in [6, 6.07) is 6.35. The van der Waals surface area contributed by atoms with Crippen molar-refractivity contribution < 1.29 is 19.4 Å². The van der Waals surface area contributed by atoms with E-state index >= 15 is 0 Å². The van der Waals surface area contributed by atoms with Crippen molar-refractivity contribution in [1.82, 2.24) is 9.78 Å². The first-order chi connectivity index (χ1) is 11.6. The third kappa shape index (κ3) is 3.24. The molecular formula is C17H19N3O4. The molecular weight excluding hydrogens is 310 g/mol. The highest BCUT2D eigenvalue weighted by Gasteiger charge is 2.20. The van der Waals surface area contributed by atoms with Crippen molar-refractivity contribution in [2.24, 2.45) is 0 Å². The van der Waals surface area contributed by atoms with Crippen molar-refractivity contribution in [2.75, 3.05) is 12.4 Å². The first-order valence-electron chi connectivity index (χ1n) is 7.86. The molecule has 0 spiro atoms. The number of nitrogens with zero attached hydrogens (tertiary/aromatic N) is 2. The van der Waals surface area contributed by atoms with Crippen LogP contribution >= 0.6 is 0 Å². The minimum atomic E-state index is -1.05. The summed E-state index contributed by atoms with van der Waals surface area (Å²) >= 11 is 0. The molecule has 3 rings (SSSR count). The number of carbonyl (C=O) groups is 2. The Morgan fingerprint density at radius 3 is 2.71 bits per heavy atom. The zero-order valence-electron chi connectivity index (χ0n) is 13.4. The second-order valence-electron chi connectivity index (χ2n) is 5.79. The molecule has 0 bridgehead atoms. The maximum atomic E-state index is 12.4. The average Bonchev–Trinajstić information content (AvgIpc) is 3.26. The second-order valence-corrected chi connectivity index (χ2v) is 5.79. The fourth-order valence-electron chi connectivity index (χ4n) is 2.95. The molecule has 24 heavy (non-hydrogen) atoms. The Kier molecular flexibility index (Phi) is 4.50. The molecule has 1 aromatic heterocycles. The van der Waals surface area contributed by atoms with Gasteiger partial charge in [-0.3, -0.25) is 9.48 Å². The highest BCUT2D eigenvalue weighted by Crippen LogP contribution is 2.29. The third-order valence-corrected chi connectivity index (χ3v) is 4.24. The van der Waals surface area contributed by atoms with Crippen LogP contribution in [0.4, 0.5) is 5.69 Å². The number of benzene rings is 1. The molecule has 1 aromatic carbocycles. The highest BCUT2D eigenvalue weighted by atomic mass is 16.5. The number of carboxylic acid groups (broad SMARTS) is 1. The van der Waals surface area contributed by atoms with Gasteiger partial charge < -0.3 is 15.2 Å². The molecule has 1 fully saturated rings. The number of aromatic nitrogens is 2. The van der Waals surface area contributed by atoms with Gasteiger partial charge in [0.1, 0.15) is 5.75 Å². The average molecular weight is 329 g/mol. The summed E-state index contributed by atoms with van der Waals surface area (Å²) in [4.78, 5) is 23.4. The number of nitrogens with one attached hydrogen (secondary N) is 1. The maximum Gasteiger partial charge on any atom is 0.335 e. The Morgan fingerprint density at radius 1 is 1.29 bits per heavy atom. The van der Waals surface area contributed by atoms with Crippen molar-refractivity contribution in [3.05, 3.63) is 41.7 Å². The molecule has 2 N–H and O–H groups in total. The SMILES string of the molecule is COc1cc(C(=O)O)ccc1NC(=O)c1ccn(C2CCCC2)n1. The summed E-state index contributed by atoms with van der Waals surface area (Å²) in [6.45, 7) is 0. The number of hydrogen-bond donors (Lipinski definition) is 2. The Morgan fingerprint density at radius 2 is 2.04 bits per heavy atom. The monoisotopic (exact) mass is 329 g/mol. The summed E-state index contributed by atoms with van der Waals surface area (Å²) in [5.74, 6) is -1.12. The van der Waals surface area contributed by atoms with Gasteiger partial charge in [0.2, 0.25) is 0 Å². The molecule has 7 heteroatoms. The van der Waals surface area contributed by atoms with Gasteiger partial charge in [0.05, 0.1) is 24.4 Å². The molecule has 1 aliphatic rings. The lowest BCUT2D eigenvalue weighted by Gasteiger charge is -2.11. The molecule has 0 saturated heterocycles. The number of carboxylic acids is 1. The van der Waals surface area contributed by atoms with Crippen molar-refractivity contribution in [1.29, 1.82) is 0 Å². The fraction of sp³-hybridized carbons (Fsp3) is 0.353. The van der Waals surface area contributed by atoms with Crippen LogP contribution in [-0.2, 0) is 0 Å². The van der Waals surface area contributed by atoms with Crippen molar-refractivity contribution >= 4 is 17.6 Å². The van der Waals surface area contributed by atoms with E-state index in [4.69, 9.17) is 9.84 Å². The van der Waals surface area contributed by atoms with E-state index in [1.807, 2.05) is 10.9 Å². The third-order valence-electron chi connectivity index (χ3n) is 4.24. The number of anilines is 1. The number of carbonyl (C=O) groups excluding carboxylic acids is 1. The molecule has 1 heterocycles. The van der Waals surface area contributed by atoms with Crippen LogP contribution in [0.2, 0.25) is 0 Å². The lowest BCUT2D eigenvalue weighted by Crippen LogP contribution is -2.15.